The van der Waals surface area contributed by atoms with Gasteiger partial charge in [-0.25, -0.2) is 13.4 Å². The van der Waals surface area contributed by atoms with Gasteiger partial charge in [-0.1, -0.05) is 0 Å². The van der Waals surface area contributed by atoms with Crippen molar-refractivity contribution in [3.63, 3.8) is 0 Å². The molecule has 0 spiro atoms. The molecule has 0 radical (unpaired) electrons. The number of fused-ring (bicyclic) bond motifs is 1. The minimum Gasteiger partial charge on any atom is -0.387 e. The lowest BCUT2D eigenvalue weighted by molar-refractivity contribution is 0.153. The maximum absolute atomic E-state index is 11.1. The van der Waals surface area contributed by atoms with Crippen molar-refractivity contribution in [3.05, 3.63) is 10.6 Å². The van der Waals surface area contributed by atoms with Gasteiger partial charge in [0.1, 0.15) is 9.84 Å². The first-order valence-corrected chi connectivity index (χ1v) is 8.81. The molecule has 1 atom stereocenters. The Balaban J connectivity index is 2.09. The number of rotatable bonds is 4. The second-order valence-electron chi connectivity index (χ2n) is 4.76. The van der Waals surface area contributed by atoms with Crippen molar-refractivity contribution in [1.29, 1.82) is 0 Å². The minimum absolute atomic E-state index is 0.121. The molecule has 102 valence electrons. The van der Waals surface area contributed by atoms with E-state index >= 15 is 0 Å². The molecule has 1 aliphatic carbocycles. The molecule has 7 heteroatoms. The van der Waals surface area contributed by atoms with Crippen LogP contribution in [0.1, 0.15) is 29.5 Å². The number of aliphatic hydroxyl groups excluding tert-OH is 1. The van der Waals surface area contributed by atoms with Gasteiger partial charge in [-0.05, 0) is 19.3 Å². The first-order valence-electron chi connectivity index (χ1n) is 5.93. The summed E-state index contributed by atoms with van der Waals surface area (Å²) in [6.07, 6.45) is 3.50. The number of hydrogen-bond acceptors (Lipinski definition) is 6. The second kappa shape index (κ2) is 5.14. The minimum atomic E-state index is -2.95. The van der Waals surface area contributed by atoms with Crippen LogP contribution in [0.4, 0.5) is 5.13 Å². The molecule has 0 bridgehead atoms. The van der Waals surface area contributed by atoms with E-state index in [1.807, 2.05) is 11.9 Å². The second-order valence-corrected chi connectivity index (χ2v) is 8.09. The Hall–Kier alpha value is -0.660. The summed E-state index contributed by atoms with van der Waals surface area (Å²) in [5.41, 5.74) is 0.785. The standard InChI is InChI=1S/C11H18N2O3S2/c1-13(6-7-18(2,15)16)11-12-10-8(14)4-3-5-9(10)17-11/h8,14H,3-7H2,1-2H3. The first kappa shape index (κ1) is 13.8. The van der Waals surface area contributed by atoms with Gasteiger partial charge in [-0.3, -0.25) is 0 Å². The molecule has 1 aromatic heterocycles. The van der Waals surface area contributed by atoms with Crippen molar-refractivity contribution in [1.82, 2.24) is 4.98 Å². The van der Waals surface area contributed by atoms with Gasteiger partial charge in [0.05, 0.1) is 17.6 Å². The van der Waals surface area contributed by atoms with Gasteiger partial charge in [-0.2, -0.15) is 0 Å². The quantitative estimate of drug-likeness (QED) is 0.895. The van der Waals surface area contributed by atoms with E-state index in [0.29, 0.717) is 6.54 Å². The van der Waals surface area contributed by atoms with Crippen LogP contribution in [0.15, 0.2) is 0 Å². The molecule has 0 aliphatic heterocycles. The number of aliphatic hydroxyl groups is 1. The van der Waals surface area contributed by atoms with Crippen LogP contribution < -0.4 is 4.90 Å². The van der Waals surface area contributed by atoms with Crippen LogP contribution in [-0.2, 0) is 16.3 Å². The molecule has 5 nitrogen and oxygen atoms in total. The van der Waals surface area contributed by atoms with E-state index in [2.05, 4.69) is 4.98 Å². The summed E-state index contributed by atoms with van der Waals surface area (Å²) in [5.74, 6) is 0.121. The number of hydrogen-bond donors (Lipinski definition) is 1. The fourth-order valence-electron chi connectivity index (χ4n) is 1.94. The van der Waals surface area contributed by atoms with E-state index < -0.39 is 15.9 Å². The third kappa shape index (κ3) is 3.21. The lowest BCUT2D eigenvalue weighted by Gasteiger charge is -2.15. The lowest BCUT2D eigenvalue weighted by atomic mass is 10.0. The molecule has 1 unspecified atom stereocenters. The summed E-state index contributed by atoms with van der Waals surface area (Å²) in [7, 11) is -1.12. The molecule has 1 aromatic rings. The Labute approximate surface area is 111 Å². The SMILES string of the molecule is CN(CCS(C)(=O)=O)c1nc2c(s1)CCCC2O. The maximum atomic E-state index is 11.1. The largest absolute Gasteiger partial charge is 0.387 e. The van der Waals surface area contributed by atoms with Gasteiger partial charge in [-0.15, -0.1) is 11.3 Å². The fourth-order valence-corrected chi connectivity index (χ4v) is 3.69. The average Bonchev–Trinajstić information content (AvgIpc) is 2.70. The van der Waals surface area contributed by atoms with Crippen molar-refractivity contribution in [2.24, 2.45) is 0 Å². The normalized spacial score (nSPS) is 19.6. The smallest absolute Gasteiger partial charge is 0.185 e. The van der Waals surface area contributed by atoms with Crippen molar-refractivity contribution in [2.75, 3.05) is 30.5 Å². The lowest BCUT2D eigenvalue weighted by Crippen LogP contribution is -2.24. The topological polar surface area (TPSA) is 70.5 Å². The Bertz CT molecular complexity index is 524. The molecule has 0 saturated carbocycles. The van der Waals surface area contributed by atoms with Crippen molar-refractivity contribution in [3.8, 4) is 0 Å². The molecule has 0 amide bonds. The summed E-state index contributed by atoms with van der Waals surface area (Å²) in [4.78, 5) is 7.41. The van der Waals surface area contributed by atoms with Crippen LogP contribution in [0.25, 0.3) is 0 Å². The highest BCUT2D eigenvalue weighted by atomic mass is 32.2. The zero-order valence-corrected chi connectivity index (χ0v) is 12.2. The molecule has 0 aromatic carbocycles. The van der Waals surface area contributed by atoms with Gasteiger partial charge in [0.15, 0.2) is 5.13 Å². The van der Waals surface area contributed by atoms with E-state index in [4.69, 9.17) is 0 Å². The fraction of sp³-hybridized carbons (Fsp3) is 0.727. The van der Waals surface area contributed by atoms with Gasteiger partial charge in [0.2, 0.25) is 0 Å². The zero-order valence-electron chi connectivity index (χ0n) is 10.6. The maximum Gasteiger partial charge on any atom is 0.185 e. The van der Waals surface area contributed by atoms with Gasteiger partial charge < -0.3 is 10.0 Å². The molecule has 1 N–H and O–H groups in total. The van der Waals surface area contributed by atoms with E-state index in [1.165, 1.54) is 6.26 Å². The Morgan fingerprint density at radius 3 is 2.89 bits per heavy atom. The Kier molecular flexibility index (Phi) is 3.93. The van der Waals surface area contributed by atoms with E-state index in [9.17, 15) is 13.5 Å². The summed E-state index contributed by atoms with van der Waals surface area (Å²) in [6, 6.07) is 0. The van der Waals surface area contributed by atoms with Crippen LogP contribution in [-0.4, -0.2) is 44.1 Å². The molecule has 18 heavy (non-hydrogen) atoms. The molecule has 0 fully saturated rings. The third-order valence-corrected chi connectivity index (χ3v) is 5.21. The third-order valence-electron chi connectivity index (χ3n) is 3.04. The molecule has 1 aliphatic rings. The van der Waals surface area contributed by atoms with Crippen LogP contribution >= 0.6 is 11.3 Å². The van der Waals surface area contributed by atoms with Crippen molar-refractivity contribution in [2.45, 2.75) is 25.4 Å². The van der Waals surface area contributed by atoms with Crippen LogP contribution in [0, 0.1) is 0 Å². The van der Waals surface area contributed by atoms with Crippen molar-refractivity contribution >= 4 is 26.3 Å². The molecular formula is C11H18N2O3S2. The predicted molar refractivity (Wildman–Crippen MR) is 73.0 cm³/mol. The van der Waals surface area contributed by atoms with Crippen LogP contribution in [0.3, 0.4) is 0 Å². The van der Waals surface area contributed by atoms with E-state index in [0.717, 1.165) is 35.0 Å². The number of nitrogens with zero attached hydrogens (tertiary/aromatic N) is 2. The van der Waals surface area contributed by atoms with Crippen LogP contribution in [0.5, 0.6) is 0 Å². The Morgan fingerprint density at radius 2 is 2.28 bits per heavy atom. The van der Waals surface area contributed by atoms with Crippen molar-refractivity contribution < 1.29 is 13.5 Å². The molecular weight excluding hydrogens is 272 g/mol. The molecule has 2 rings (SSSR count). The number of sulfone groups is 1. The highest BCUT2D eigenvalue weighted by Crippen LogP contribution is 2.36. The zero-order chi connectivity index (χ0) is 13.3. The van der Waals surface area contributed by atoms with E-state index in [-0.39, 0.29) is 5.75 Å². The number of aromatic nitrogens is 1. The summed E-state index contributed by atoms with van der Waals surface area (Å²) >= 11 is 1.56. The Morgan fingerprint density at radius 1 is 1.56 bits per heavy atom. The number of aryl methyl sites for hydroxylation is 1. The first-order chi connectivity index (χ1) is 8.37. The molecule has 0 saturated heterocycles. The number of anilines is 1. The highest BCUT2D eigenvalue weighted by molar-refractivity contribution is 7.90. The highest BCUT2D eigenvalue weighted by Gasteiger charge is 2.24. The monoisotopic (exact) mass is 290 g/mol. The average molecular weight is 290 g/mol. The number of thiazole rings is 1. The molecule has 1 heterocycles. The summed E-state index contributed by atoms with van der Waals surface area (Å²) in [5, 5.41) is 10.6. The predicted octanol–water partition coefficient (Wildman–Crippen LogP) is 0.994. The van der Waals surface area contributed by atoms with Gasteiger partial charge >= 0.3 is 0 Å². The van der Waals surface area contributed by atoms with E-state index in [1.54, 1.807) is 11.3 Å². The summed E-state index contributed by atoms with van der Waals surface area (Å²) in [6.45, 7) is 0.432. The van der Waals surface area contributed by atoms with Crippen LogP contribution in [0.2, 0.25) is 0 Å². The summed E-state index contributed by atoms with van der Waals surface area (Å²) < 4.78 is 22.3. The van der Waals surface area contributed by atoms with Gasteiger partial charge in [0.25, 0.3) is 0 Å². The van der Waals surface area contributed by atoms with Gasteiger partial charge in [0, 0.05) is 24.7 Å².